The van der Waals surface area contributed by atoms with Gasteiger partial charge in [0.05, 0.1) is 0 Å². The van der Waals surface area contributed by atoms with E-state index in [-0.39, 0.29) is 0 Å². The van der Waals surface area contributed by atoms with Crippen LogP contribution in [0.2, 0.25) is 0 Å². The van der Waals surface area contributed by atoms with Gasteiger partial charge in [-0.1, -0.05) is 32.6 Å². The highest BCUT2D eigenvalue weighted by atomic mass is 16.4. The van der Waals surface area contributed by atoms with E-state index in [0.717, 1.165) is 30.6 Å². The Morgan fingerprint density at radius 1 is 0.895 bits per heavy atom. The van der Waals surface area contributed by atoms with Crippen molar-refractivity contribution >= 4 is 5.97 Å². The summed E-state index contributed by atoms with van der Waals surface area (Å²) in [7, 11) is 0. The van der Waals surface area contributed by atoms with Gasteiger partial charge in [-0.05, 0) is 62.2 Å². The van der Waals surface area contributed by atoms with Crippen LogP contribution >= 0.6 is 0 Å². The minimum atomic E-state index is -0.608. The molecule has 0 heterocycles. The van der Waals surface area contributed by atoms with Crippen molar-refractivity contribution in [2.75, 3.05) is 0 Å². The second kappa shape index (κ2) is 7.31. The summed E-state index contributed by atoms with van der Waals surface area (Å²) in [5, 5.41) is 8.86. The molecule has 0 spiro atoms. The minimum Gasteiger partial charge on any atom is -0.481 e. The molecule has 0 aromatic carbocycles. The van der Waals surface area contributed by atoms with Crippen LogP contribution in [0.15, 0.2) is 0 Å². The molecular formula is C17H30O2. The second-order valence-electron chi connectivity index (χ2n) is 6.95. The van der Waals surface area contributed by atoms with Crippen molar-refractivity contribution < 1.29 is 9.90 Å². The summed E-state index contributed by atoms with van der Waals surface area (Å²) in [6.07, 6.45) is 13.9. The predicted octanol–water partition coefficient (Wildman–Crippen LogP) is 4.87. The number of rotatable bonds is 5. The lowest BCUT2D eigenvalue weighted by Crippen LogP contribution is -2.26. The van der Waals surface area contributed by atoms with Gasteiger partial charge < -0.3 is 5.11 Å². The van der Waals surface area contributed by atoms with E-state index in [2.05, 4.69) is 6.92 Å². The molecule has 0 saturated heterocycles. The molecule has 2 nitrogen and oxygen atoms in total. The average Bonchev–Trinajstić information content (AvgIpc) is 2.40. The van der Waals surface area contributed by atoms with Gasteiger partial charge in [0.1, 0.15) is 0 Å². The lowest BCUT2D eigenvalue weighted by molar-refractivity contribution is -0.138. The molecule has 0 radical (unpaired) electrons. The number of hydrogen-bond donors (Lipinski definition) is 1. The molecule has 1 N–H and O–H groups in total. The maximum absolute atomic E-state index is 10.7. The van der Waals surface area contributed by atoms with Crippen molar-refractivity contribution in [1.82, 2.24) is 0 Å². The molecule has 2 aliphatic rings. The van der Waals surface area contributed by atoms with Crippen LogP contribution in [0, 0.1) is 23.7 Å². The van der Waals surface area contributed by atoms with Crippen molar-refractivity contribution in [1.29, 1.82) is 0 Å². The highest BCUT2D eigenvalue weighted by Gasteiger charge is 2.31. The van der Waals surface area contributed by atoms with Gasteiger partial charge in [-0.2, -0.15) is 0 Å². The lowest BCUT2D eigenvalue weighted by Gasteiger charge is -2.37. The van der Waals surface area contributed by atoms with Crippen LogP contribution in [0.5, 0.6) is 0 Å². The fourth-order valence-corrected chi connectivity index (χ4v) is 4.47. The first kappa shape index (κ1) is 14.9. The van der Waals surface area contributed by atoms with Gasteiger partial charge in [0.25, 0.3) is 0 Å². The third-order valence-corrected chi connectivity index (χ3v) is 5.61. The zero-order valence-electron chi connectivity index (χ0n) is 12.4. The normalized spacial score (nSPS) is 36.1. The number of carboxylic acids is 1. The summed E-state index contributed by atoms with van der Waals surface area (Å²) >= 11 is 0. The van der Waals surface area contributed by atoms with E-state index >= 15 is 0 Å². The van der Waals surface area contributed by atoms with E-state index in [9.17, 15) is 4.79 Å². The summed E-state index contributed by atoms with van der Waals surface area (Å²) in [6.45, 7) is 2.30. The number of aliphatic carboxylic acids is 1. The maximum Gasteiger partial charge on any atom is 0.303 e. The van der Waals surface area contributed by atoms with E-state index in [0.29, 0.717) is 12.3 Å². The van der Waals surface area contributed by atoms with Crippen molar-refractivity contribution in [2.24, 2.45) is 23.7 Å². The standard InChI is InChI=1S/C17H30O2/c1-2-3-13-4-8-15(9-5-13)16-10-6-14(7-11-16)12-17(18)19/h13-16H,2-12H2,1H3,(H,18,19)/t13-,14?,15-,16?. The molecule has 0 bridgehead atoms. The monoisotopic (exact) mass is 266 g/mol. The number of carbonyl (C=O) groups is 1. The smallest absolute Gasteiger partial charge is 0.303 e. The summed E-state index contributed by atoms with van der Waals surface area (Å²) in [4.78, 5) is 10.7. The molecule has 0 atom stereocenters. The second-order valence-corrected chi connectivity index (χ2v) is 6.95. The first-order chi connectivity index (χ1) is 9.19. The third kappa shape index (κ3) is 4.50. The largest absolute Gasteiger partial charge is 0.481 e. The summed E-state index contributed by atoms with van der Waals surface area (Å²) in [5.41, 5.74) is 0. The lowest BCUT2D eigenvalue weighted by atomic mass is 9.68. The first-order valence-electron chi connectivity index (χ1n) is 8.40. The maximum atomic E-state index is 10.7. The van der Waals surface area contributed by atoms with E-state index in [4.69, 9.17) is 5.11 Å². The Kier molecular flexibility index (Phi) is 5.72. The van der Waals surface area contributed by atoms with Gasteiger partial charge in [0.15, 0.2) is 0 Å². The fraction of sp³-hybridized carbons (Fsp3) is 0.941. The Morgan fingerprint density at radius 2 is 1.37 bits per heavy atom. The zero-order valence-corrected chi connectivity index (χ0v) is 12.4. The van der Waals surface area contributed by atoms with Crippen LogP contribution in [0.25, 0.3) is 0 Å². The van der Waals surface area contributed by atoms with Crippen LogP contribution < -0.4 is 0 Å². The van der Waals surface area contributed by atoms with E-state index in [1.807, 2.05) is 0 Å². The predicted molar refractivity (Wildman–Crippen MR) is 78.1 cm³/mol. The van der Waals surface area contributed by atoms with Gasteiger partial charge in [0, 0.05) is 6.42 Å². The van der Waals surface area contributed by atoms with Gasteiger partial charge in [0.2, 0.25) is 0 Å². The van der Waals surface area contributed by atoms with Crippen molar-refractivity contribution in [3.8, 4) is 0 Å². The molecule has 0 unspecified atom stereocenters. The molecule has 2 aliphatic carbocycles. The Labute approximate surface area is 118 Å². The van der Waals surface area contributed by atoms with E-state index in [1.54, 1.807) is 0 Å². The van der Waals surface area contributed by atoms with Gasteiger partial charge in [-0.15, -0.1) is 0 Å². The van der Waals surface area contributed by atoms with Crippen LogP contribution in [0.3, 0.4) is 0 Å². The van der Waals surface area contributed by atoms with Crippen LogP contribution in [-0.4, -0.2) is 11.1 Å². The molecule has 2 saturated carbocycles. The first-order valence-corrected chi connectivity index (χ1v) is 8.40. The molecule has 110 valence electrons. The van der Waals surface area contributed by atoms with Crippen LogP contribution in [-0.2, 0) is 4.79 Å². The quantitative estimate of drug-likeness (QED) is 0.770. The highest BCUT2D eigenvalue weighted by Crippen LogP contribution is 2.42. The fourth-order valence-electron chi connectivity index (χ4n) is 4.47. The SMILES string of the molecule is CCC[C@H]1CC[C@H](C2CCC(CC(=O)O)CC2)CC1. The molecule has 0 aliphatic heterocycles. The van der Waals surface area contributed by atoms with Gasteiger partial charge in [-0.25, -0.2) is 0 Å². The third-order valence-electron chi connectivity index (χ3n) is 5.61. The molecule has 2 rings (SSSR count). The van der Waals surface area contributed by atoms with Crippen molar-refractivity contribution in [3.63, 3.8) is 0 Å². The molecule has 0 aromatic rings. The Balaban J connectivity index is 1.69. The zero-order chi connectivity index (χ0) is 13.7. The van der Waals surface area contributed by atoms with Gasteiger partial charge in [-0.3, -0.25) is 4.79 Å². The Morgan fingerprint density at radius 3 is 1.79 bits per heavy atom. The average molecular weight is 266 g/mol. The summed E-state index contributed by atoms with van der Waals surface area (Å²) in [6, 6.07) is 0. The van der Waals surface area contributed by atoms with Crippen LogP contribution in [0.1, 0.15) is 77.6 Å². The van der Waals surface area contributed by atoms with E-state index < -0.39 is 5.97 Å². The van der Waals surface area contributed by atoms with Crippen LogP contribution in [0.4, 0.5) is 0 Å². The molecule has 2 heteroatoms. The molecule has 2 fully saturated rings. The number of carboxylic acid groups (broad SMARTS) is 1. The van der Waals surface area contributed by atoms with Gasteiger partial charge >= 0.3 is 5.97 Å². The topological polar surface area (TPSA) is 37.3 Å². The summed E-state index contributed by atoms with van der Waals surface area (Å²) in [5.74, 6) is 2.73. The molecule has 0 amide bonds. The Bertz CT molecular complexity index is 271. The highest BCUT2D eigenvalue weighted by molar-refractivity contribution is 5.67. The Hall–Kier alpha value is -0.530. The number of hydrogen-bond acceptors (Lipinski definition) is 1. The molecule has 19 heavy (non-hydrogen) atoms. The molecule has 0 aromatic heterocycles. The minimum absolute atomic E-state index is 0.399. The van der Waals surface area contributed by atoms with Crippen molar-refractivity contribution in [2.45, 2.75) is 77.6 Å². The van der Waals surface area contributed by atoms with E-state index in [1.165, 1.54) is 51.4 Å². The van der Waals surface area contributed by atoms with Crippen molar-refractivity contribution in [3.05, 3.63) is 0 Å². The molecular weight excluding hydrogens is 236 g/mol. The summed E-state index contributed by atoms with van der Waals surface area (Å²) < 4.78 is 0.